The van der Waals surface area contributed by atoms with E-state index < -0.39 is 0 Å². The van der Waals surface area contributed by atoms with Crippen molar-refractivity contribution in [2.45, 2.75) is 32.4 Å². The Labute approximate surface area is 129 Å². The van der Waals surface area contributed by atoms with E-state index in [1.807, 2.05) is 36.9 Å². The number of halogens is 2. The van der Waals surface area contributed by atoms with Crippen LogP contribution in [0.15, 0.2) is 36.9 Å². The maximum absolute atomic E-state index is 6.03. The maximum Gasteiger partial charge on any atom is 0.0945 e. The van der Waals surface area contributed by atoms with Gasteiger partial charge in [0.1, 0.15) is 0 Å². The molecule has 0 radical (unpaired) electrons. The van der Waals surface area contributed by atoms with Gasteiger partial charge in [0.2, 0.25) is 0 Å². The molecule has 1 atom stereocenters. The van der Waals surface area contributed by atoms with Gasteiger partial charge in [-0.25, -0.2) is 4.98 Å². The van der Waals surface area contributed by atoms with Crippen LogP contribution >= 0.6 is 23.2 Å². The van der Waals surface area contributed by atoms with Gasteiger partial charge in [-0.3, -0.25) is 0 Å². The van der Waals surface area contributed by atoms with E-state index in [9.17, 15) is 0 Å². The lowest BCUT2D eigenvalue weighted by molar-refractivity contribution is 0.523. The molecule has 1 unspecified atom stereocenters. The topological polar surface area (TPSA) is 29.9 Å². The SMILES string of the molecule is CC(NCCCCn1ccnc1)c1ccc(Cl)c(Cl)c1. The smallest absolute Gasteiger partial charge is 0.0945 e. The molecular weight excluding hydrogens is 293 g/mol. The van der Waals surface area contributed by atoms with Gasteiger partial charge in [-0.05, 0) is 44.0 Å². The third-order valence-electron chi connectivity index (χ3n) is 3.30. The molecule has 0 spiro atoms. The second kappa shape index (κ2) is 7.67. The van der Waals surface area contributed by atoms with E-state index >= 15 is 0 Å². The lowest BCUT2D eigenvalue weighted by Gasteiger charge is -2.15. The Morgan fingerprint density at radius 1 is 1.25 bits per heavy atom. The van der Waals surface area contributed by atoms with Crippen molar-refractivity contribution in [1.82, 2.24) is 14.9 Å². The number of rotatable bonds is 7. The summed E-state index contributed by atoms with van der Waals surface area (Å²) in [5.41, 5.74) is 1.16. The first kappa shape index (κ1) is 15.4. The first-order valence-corrected chi connectivity index (χ1v) is 7.56. The highest BCUT2D eigenvalue weighted by Crippen LogP contribution is 2.25. The van der Waals surface area contributed by atoms with E-state index in [0.29, 0.717) is 10.0 Å². The van der Waals surface area contributed by atoms with Gasteiger partial charge in [0.05, 0.1) is 16.4 Å². The average molecular weight is 312 g/mol. The molecule has 1 aromatic heterocycles. The van der Waals surface area contributed by atoms with Crippen molar-refractivity contribution in [1.29, 1.82) is 0 Å². The minimum absolute atomic E-state index is 0.276. The van der Waals surface area contributed by atoms with Gasteiger partial charge in [0.25, 0.3) is 0 Å². The van der Waals surface area contributed by atoms with Gasteiger partial charge in [-0.2, -0.15) is 0 Å². The van der Waals surface area contributed by atoms with E-state index in [-0.39, 0.29) is 6.04 Å². The van der Waals surface area contributed by atoms with Gasteiger partial charge in [-0.1, -0.05) is 29.3 Å². The Kier molecular flexibility index (Phi) is 5.89. The van der Waals surface area contributed by atoms with Crippen molar-refractivity contribution >= 4 is 23.2 Å². The molecule has 2 aromatic rings. The molecule has 1 N–H and O–H groups in total. The summed E-state index contributed by atoms with van der Waals surface area (Å²) in [7, 11) is 0. The Bertz CT molecular complexity index is 526. The van der Waals surface area contributed by atoms with Crippen LogP contribution < -0.4 is 5.32 Å². The molecule has 2 rings (SSSR count). The van der Waals surface area contributed by atoms with Crippen LogP contribution in [0.1, 0.15) is 31.4 Å². The summed E-state index contributed by atoms with van der Waals surface area (Å²) in [6, 6.07) is 6.05. The molecule has 3 nitrogen and oxygen atoms in total. The summed E-state index contributed by atoms with van der Waals surface area (Å²) in [4.78, 5) is 4.03. The van der Waals surface area contributed by atoms with E-state index in [0.717, 1.165) is 31.5 Å². The predicted molar refractivity (Wildman–Crippen MR) is 84.3 cm³/mol. The van der Waals surface area contributed by atoms with E-state index in [4.69, 9.17) is 23.2 Å². The third kappa shape index (κ3) is 4.51. The number of nitrogens with one attached hydrogen (secondary N) is 1. The van der Waals surface area contributed by atoms with Crippen molar-refractivity contribution in [2.75, 3.05) is 6.54 Å². The molecule has 0 aliphatic heterocycles. The van der Waals surface area contributed by atoms with Crippen molar-refractivity contribution < 1.29 is 0 Å². The normalized spacial score (nSPS) is 12.6. The highest BCUT2D eigenvalue weighted by Gasteiger charge is 2.06. The summed E-state index contributed by atoms with van der Waals surface area (Å²) in [5, 5.41) is 4.71. The zero-order chi connectivity index (χ0) is 14.4. The molecule has 5 heteroatoms. The zero-order valence-electron chi connectivity index (χ0n) is 11.5. The predicted octanol–water partition coefficient (Wildman–Crippen LogP) is 4.32. The average Bonchev–Trinajstić information content (AvgIpc) is 2.94. The minimum Gasteiger partial charge on any atom is -0.337 e. The number of nitrogens with zero attached hydrogens (tertiary/aromatic N) is 2. The van der Waals surface area contributed by atoms with Crippen LogP contribution in [0.5, 0.6) is 0 Å². The van der Waals surface area contributed by atoms with E-state index in [1.165, 1.54) is 0 Å². The molecule has 0 aliphatic carbocycles. The van der Waals surface area contributed by atoms with Crippen LogP contribution in [0.2, 0.25) is 10.0 Å². The van der Waals surface area contributed by atoms with Gasteiger partial charge >= 0.3 is 0 Å². The van der Waals surface area contributed by atoms with E-state index in [1.54, 1.807) is 0 Å². The number of benzene rings is 1. The third-order valence-corrected chi connectivity index (χ3v) is 4.04. The van der Waals surface area contributed by atoms with Gasteiger partial charge < -0.3 is 9.88 Å². The van der Waals surface area contributed by atoms with Gasteiger partial charge in [-0.15, -0.1) is 0 Å². The fourth-order valence-corrected chi connectivity index (χ4v) is 2.36. The summed E-state index contributed by atoms with van der Waals surface area (Å²) in [5.74, 6) is 0. The molecule has 0 aliphatic rings. The fourth-order valence-electron chi connectivity index (χ4n) is 2.06. The lowest BCUT2D eigenvalue weighted by Crippen LogP contribution is -2.20. The van der Waals surface area contributed by atoms with Crippen molar-refractivity contribution in [3.05, 3.63) is 52.5 Å². The Balaban J connectivity index is 1.69. The number of imidazole rings is 1. The van der Waals surface area contributed by atoms with Crippen LogP contribution in [0.25, 0.3) is 0 Å². The summed E-state index contributed by atoms with van der Waals surface area (Å²) < 4.78 is 2.10. The molecule has 1 heterocycles. The van der Waals surface area contributed by atoms with Gasteiger partial charge in [0, 0.05) is 25.0 Å². The fraction of sp³-hybridized carbons (Fsp3) is 0.400. The number of aryl methyl sites for hydroxylation is 1. The summed E-state index contributed by atoms with van der Waals surface area (Å²) >= 11 is 12.0. The monoisotopic (exact) mass is 311 g/mol. The first-order valence-electron chi connectivity index (χ1n) is 6.81. The quantitative estimate of drug-likeness (QED) is 0.772. The number of unbranched alkanes of at least 4 members (excludes halogenated alkanes) is 1. The molecular formula is C15H19Cl2N3. The largest absolute Gasteiger partial charge is 0.337 e. The van der Waals surface area contributed by atoms with Crippen molar-refractivity contribution in [3.8, 4) is 0 Å². The van der Waals surface area contributed by atoms with Crippen LogP contribution in [0.4, 0.5) is 0 Å². The van der Waals surface area contributed by atoms with Gasteiger partial charge in [0.15, 0.2) is 0 Å². The minimum atomic E-state index is 0.276. The standard InChI is InChI=1S/C15H19Cl2N3/c1-12(13-4-5-14(16)15(17)10-13)19-6-2-3-8-20-9-7-18-11-20/h4-5,7,9-12,19H,2-3,6,8H2,1H3. The Morgan fingerprint density at radius 2 is 2.10 bits per heavy atom. The first-order chi connectivity index (χ1) is 9.66. The van der Waals surface area contributed by atoms with Crippen LogP contribution in [0, 0.1) is 0 Å². The second-order valence-electron chi connectivity index (χ2n) is 4.86. The Morgan fingerprint density at radius 3 is 2.80 bits per heavy atom. The summed E-state index contributed by atoms with van der Waals surface area (Å²) in [6.07, 6.45) is 7.92. The molecule has 0 saturated carbocycles. The van der Waals surface area contributed by atoms with Crippen molar-refractivity contribution in [2.24, 2.45) is 0 Å². The highest BCUT2D eigenvalue weighted by atomic mass is 35.5. The molecule has 0 saturated heterocycles. The molecule has 0 amide bonds. The molecule has 1 aromatic carbocycles. The number of hydrogen-bond donors (Lipinski definition) is 1. The zero-order valence-corrected chi connectivity index (χ0v) is 13.0. The van der Waals surface area contributed by atoms with Crippen LogP contribution in [0.3, 0.4) is 0 Å². The molecule has 20 heavy (non-hydrogen) atoms. The van der Waals surface area contributed by atoms with Crippen LogP contribution in [-0.4, -0.2) is 16.1 Å². The summed E-state index contributed by atoms with van der Waals surface area (Å²) in [6.45, 7) is 4.13. The second-order valence-corrected chi connectivity index (χ2v) is 5.67. The Hall–Kier alpha value is -1.03. The molecule has 0 fully saturated rings. The maximum atomic E-state index is 6.03. The number of hydrogen-bond acceptors (Lipinski definition) is 2. The molecule has 0 bridgehead atoms. The van der Waals surface area contributed by atoms with Crippen LogP contribution in [-0.2, 0) is 6.54 Å². The molecule has 108 valence electrons. The van der Waals surface area contributed by atoms with Crippen molar-refractivity contribution in [3.63, 3.8) is 0 Å². The lowest BCUT2D eigenvalue weighted by atomic mass is 10.1. The van der Waals surface area contributed by atoms with E-state index in [2.05, 4.69) is 21.8 Å². The highest BCUT2D eigenvalue weighted by molar-refractivity contribution is 6.42. The number of aromatic nitrogens is 2.